The minimum atomic E-state index is -0.372. The number of nitrogens with zero attached hydrogens (tertiary/aromatic N) is 1. The highest BCUT2D eigenvalue weighted by Crippen LogP contribution is 2.27. The van der Waals surface area contributed by atoms with Gasteiger partial charge in [-0.2, -0.15) is 0 Å². The van der Waals surface area contributed by atoms with Crippen LogP contribution in [0.1, 0.15) is 30.4 Å². The first-order chi connectivity index (χ1) is 10.1. The maximum Gasteiger partial charge on any atom is 0.321 e. The summed E-state index contributed by atoms with van der Waals surface area (Å²) >= 11 is 0. The van der Waals surface area contributed by atoms with Gasteiger partial charge < -0.3 is 10.2 Å². The lowest BCUT2D eigenvalue weighted by Gasteiger charge is -2.30. The molecule has 0 radical (unpaired) electrons. The lowest BCUT2D eigenvalue weighted by molar-refractivity contribution is -0.118. The molecule has 0 atom stereocenters. The van der Waals surface area contributed by atoms with Gasteiger partial charge in [-0.3, -0.25) is 10.1 Å². The normalized spacial score (nSPS) is 17.1. The van der Waals surface area contributed by atoms with Crippen molar-refractivity contribution >= 4 is 17.6 Å². The van der Waals surface area contributed by atoms with Crippen LogP contribution in [0, 0.1) is 6.92 Å². The lowest BCUT2D eigenvalue weighted by Crippen LogP contribution is -2.46. The largest absolute Gasteiger partial charge is 0.362 e. The van der Waals surface area contributed by atoms with Crippen molar-refractivity contribution in [1.82, 2.24) is 10.6 Å². The fourth-order valence-electron chi connectivity index (χ4n) is 2.76. The van der Waals surface area contributed by atoms with E-state index in [4.69, 9.17) is 0 Å². The summed E-state index contributed by atoms with van der Waals surface area (Å²) in [6.07, 6.45) is 4.12. The first-order valence-corrected chi connectivity index (χ1v) is 7.56. The van der Waals surface area contributed by atoms with Gasteiger partial charge in [0.1, 0.15) is 0 Å². The summed E-state index contributed by atoms with van der Waals surface area (Å²) in [6.45, 7) is 3.16. The van der Waals surface area contributed by atoms with Crippen molar-refractivity contribution in [1.29, 1.82) is 0 Å². The number of carbonyl (C=O) groups excluding carboxylic acids is 2. The Morgan fingerprint density at radius 2 is 2.14 bits per heavy atom. The van der Waals surface area contributed by atoms with E-state index in [0.717, 1.165) is 37.9 Å². The molecule has 1 heterocycles. The van der Waals surface area contributed by atoms with E-state index in [2.05, 4.69) is 40.7 Å². The van der Waals surface area contributed by atoms with Crippen molar-refractivity contribution < 1.29 is 9.59 Å². The molecule has 21 heavy (non-hydrogen) atoms. The molecule has 5 nitrogen and oxygen atoms in total. The molecule has 1 aliphatic carbocycles. The summed E-state index contributed by atoms with van der Waals surface area (Å²) in [5.74, 6) is -0.249. The first-order valence-electron chi connectivity index (χ1n) is 7.56. The molecule has 0 saturated heterocycles. The zero-order valence-corrected chi connectivity index (χ0v) is 12.3. The van der Waals surface area contributed by atoms with Crippen molar-refractivity contribution in [2.45, 2.75) is 38.6 Å². The minimum absolute atomic E-state index is 0.230. The molecule has 1 fully saturated rings. The number of hydrogen-bond acceptors (Lipinski definition) is 3. The number of amides is 3. The van der Waals surface area contributed by atoms with E-state index >= 15 is 0 Å². The van der Waals surface area contributed by atoms with Gasteiger partial charge in [-0.05, 0) is 44.2 Å². The number of rotatable bonds is 3. The lowest BCUT2D eigenvalue weighted by atomic mass is 9.99. The summed E-state index contributed by atoms with van der Waals surface area (Å²) in [5.41, 5.74) is 3.64. The van der Waals surface area contributed by atoms with E-state index in [1.807, 2.05) is 0 Å². The van der Waals surface area contributed by atoms with Gasteiger partial charge in [0.05, 0.1) is 6.54 Å². The molecule has 3 amide bonds. The second-order valence-electron chi connectivity index (χ2n) is 5.95. The van der Waals surface area contributed by atoms with Gasteiger partial charge in [0.15, 0.2) is 0 Å². The van der Waals surface area contributed by atoms with Crippen LogP contribution in [0.4, 0.5) is 10.5 Å². The molecule has 0 bridgehead atoms. The van der Waals surface area contributed by atoms with Crippen LogP contribution in [0.2, 0.25) is 0 Å². The molecule has 2 aliphatic rings. The monoisotopic (exact) mass is 287 g/mol. The Balaban J connectivity index is 1.60. The standard InChI is InChI=1S/C16H21N3O2/c1-11-4-7-14-12(9-11)3-2-8-19(14)10-15(20)18-16(21)17-13-5-6-13/h4,7,9,13H,2-3,5-6,8,10H2,1H3,(H2,17,18,20,21). The molecule has 5 heteroatoms. The smallest absolute Gasteiger partial charge is 0.321 e. The van der Waals surface area contributed by atoms with Crippen molar-refractivity contribution in [2.24, 2.45) is 0 Å². The molecular formula is C16H21N3O2. The van der Waals surface area contributed by atoms with Crippen LogP contribution in [0.5, 0.6) is 0 Å². The highest BCUT2D eigenvalue weighted by atomic mass is 16.2. The molecule has 2 N–H and O–H groups in total. The van der Waals surface area contributed by atoms with Crippen molar-refractivity contribution in [3.05, 3.63) is 29.3 Å². The Bertz CT molecular complexity index is 567. The molecular weight excluding hydrogens is 266 g/mol. The molecule has 3 rings (SSSR count). The molecule has 1 saturated carbocycles. The molecule has 1 aliphatic heterocycles. The Hall–Kier alpha value is -2.04. The summed E-state index contributed by atoms with van der Waals surface area (Å²) in [4.78, 5) is 25.6. The second-order valence-corrected chi connectivity index (χ2v) is 5.95. The number of hydrogen-bond donors (Lipinski definition) is 2. The number of imide groups is 1. The maximum atomic E-state index is 12.0. The summed E-state index contributed by atoms with van der Waals surface area (Å²) in [7, 11) is 0. The van der Waals surface area contributed by atoms with Gasteiger partial charge >= 0.3 is 6.03 Å². The third kappa shape index (κ3) is 3.54. The van der Waals surface area contributed by atoms with E-state index in [1.54, 1.807) is 0 Å². The number of nitrogens with one attached hydrogen (secondary N) is 2. The zero-order valence-electron chi connectivity index (χ0n) is 12.3. The quantitative estimate of drug-likeness (QED) is 0.890. The highest BCUT2D eigenvalue weighted by molar-refractivity contribution is 5.96. The van der Waals surface area contributed by atoms with Crippen LogP contribution in [0.25, 0.3) is 0 Å². The number of aryl methyl sites for hydroxylation is 2. The molecule has 112 valence electrons. The zero-order chi connectivity index (χ0) is 14.8. The maximum absolute atomic E-state index is 12.0. The molecule has 0 spiro atoms. The summed E-state index contributed by atoms with van der Waals surface area (Å²) in [5, 5.41) is 5.17. The van der Waals surface area contributed by atoms with Crippen molar-refractivity contribution in [2.75, 3.05) is 18.0 Å². The molecule has 1 aromatic rings. The van der Waals surface area contributed by atoms with Crippen molar-refractivity contribution in [3.63, 3.8) is 0 Å². The van der Waals surface area contributed by atoms with Crippen LogP contribution in [-0.4, -0.2) is 31.1 Å². The summed E-state index contributed by atoms with van der Waals surface area (Å²) < 4.78 is 0. The Labute approximate surface area is 124 Å². The van der Waals surface area contributed by atoms with Gasteiger partial charge in [-0.15, -0.1) is 0 Å². The van der Waals surface area contributed by atoms with E-state index in [1.165, 1.54) is 11.1 Å². The Morgan fingerprint density at radius 1 is 1.33 bits per heavy atom. The van der Waals surface area contributed by atoms with Gasteiger partial charge in [-0.25, -0.2) is 4.79 Å². The molecule has 0 aromatic heterocycles. The van der Waals surface area contributed by atoms with Gasteiger partial charge in [0.25, 0.3) is 0 Å². The summed E-state index contributed by atoms with van der Waals surface area (Å²) in [6, 6.07) is 6.20. The van der Waals surface area contributed by atoms with Gasteiger partial charge in [0, 0.05) is 18.3 Å². The third-order valence-electron chi connectivity index (χ3n) is 3.95. The van der Waals surface area contributed by atoms with Crippen molar-refractivity contribution in [3.8, 4) is 0 Å². The van der Waals surface area contributed by atoms with Crippen LogP contribution in [-0.2, 0) is 11.2 Å². The number of anilines is 1. The minimum Gasteiger partial charge on any atom is -0.362 e. The topological polar surface area (TPSA) is 61.4 Å². The molecule has 0 unspecified atom stereocenters. The van der Waals surface area contributed by atoms with Crippen LogP contribution < -0.4 is 15.5 Å². The average Bonchev–Trinajstić information content (AvgIpc) is 3.22. The van der Waals surface area contributed by atoms with E-state index < -0.39 is 0 Å². The number of carbonyl (C=O) groups is 2. The fourth-order valence-corrected chi connectivity index (χ4v) is 2.76. The average molecular weight is 287 g/mol. The number of benzene rings is 1. The van der Waals surface area contributed by atoms with Gasteiger partial charge in [0.2, 0.25) is 5.91 Å². The van der Waals surface area contributed by atoms with E-state index in [9.17, 15) is 9.59 Å². The predicted molar refractivity (Wildman–Crippen MR) is 81.4 cm³/mol. The SMILES string of the molecule is Cc1ccc2c(c1)CCCN2CC(=O)NC(=O)NC1CC1. The first kappa shape index (κ1) is 13.9. The van der Waals surface area contributed by atoms with E-state index in [-0.39, 0.29) is 24.5 Å². The fraction of sp³-hybridized carbons (Fsp3) is 0.500. The van der Waals surface area contributed by atoms with Gasteiger partial charge in [-0.1, -0.05) is 17.7 Å². The molecule has 1 aromatic carbocycles. The predicted octanol–water partition coefficient (Wildman–Crippen LogP) is 1.74. The van der Waals surface area contributed by atoms with Crippen LogP contribution in [0.3, 0.4) is 0 Å². The van der Waals surface area contributed by atoms with Crippen LogP contribution >= 0.6 is 0 Å². The second kappa shape index (κ2) is 5.76. The Morgan fingerprint density at radius 3 is 2.90 bits per heavy atom. The van der Waals surface area contributed by atoms with Crippen LogP contribution in [0.15, 0.2) is 18.2 Å². The third-order valence-corrected chi connectivity index (χ3v) is 3.95. The number of fused-ring (bicyclic) bond motifs is 1. The Kier molecular flexibility index (Phi) is 3.82. The van der Waals surface area contributed by atoms with E-state index in [0.29, 0.717) is 0 Å². The number of urea groups is 1. The highest BCUT2D eigenvalue weighted by Gasteiger charge is 2.25.